The van der Waals surface area contributed by atoms with Gasteiger partial charge in [0.2, 0.25) is 5.91 Å². The summed E-state index contributed by atoms with van der Waals surface area (Å²) in [4.78, 5) is 17.1. The first-order valence-electron chi connectivity index (χ1n) is 9.08. The molecule has 1 heterocycles. The van der Waals surface area contributed by atoms with Crippen LogP contribution < -0.4 is 10.1 Å². The van der Waals surface area contributed by atoms with Crippen molar-refractivity contribution in [1.82, 2.24) is 4.98 Å². The van der Waals surface area contributed by atoms with E-state index in [-0.39, 0.29) is 12.3 Å². The zero-order valence-electron chi connectivity index (χ0n) is 15.9. The Morgan fingerprint density at radius 2 is 1.93 bits per heavy atom. The van der Waals surface area contributed by atoms with Crippen molar-refractivity contribution < 1.29 is 9.53 Å². The monoisotopic (exact) mass is 380 g/mol. The van der Waals surface area contributed by atoms with Gasteiger partial charge in [-0.25, -0.2) is 4.98 Å². The molecule has 1 atom stereocenters. The van der Waals surface area contributed by atoms with Crippen molar-refractivity contribution in [2.45, 2.75) is 32.6 Å². The minimum atomic E-state index is -0.0441. The van der Waals surface area contributed by atoms with Crippen molar-refractivity contribution in [1.29, 1.82) is 0 Å². The topological polar surface area (TPSA) is 51.2 Å². The largest absolute Gasteiger partial charge is 0.497 e. The Morgan fingerprint density at radius 1 is 1.19 bits per heavy atom. The van der Waals surface area contributed by atoms with Gasteiger partial charge in [0, 0.05) is 16.6 Å². The van der Waals surface area contributed by atoms with E-state index in [4.69, 9.17) is 4.74 Å². The lowest BCUT2D eigenvalue weighted by Gasteiger charge is -2.15. The molecular weight excluding hydrogens is 356 g/mol. The highest BCUT2D eigenvalue weighted by atomic mass is 32.1. The number of carbonyl (C=O) groups excluding carboxylic acids is 1. The van der Waals surface area contributed by atoms with Crippen molar-refractivity contribution in [3.8, 4) is 16.3 Å². The van der Waals surface area contributed by atoms with Gasteiger partial charge in [-0.2, -0.15) is 0 Å². The number of nitrogens with zero attached hydrogens (tertiary/aromatic N) is 1. The van der Waals surface area contributed by atoms with E-state index in [1.807, 2.05) is 47.8 Å². The number of rotatable bonds is 7. The molecule has 0 unspecified atom stereocenters. The SMILES string of the molecule is CC[C@H](C)c1ccccc1NC(=O)Cc1csc(-c2ccc(OC)cc2)n1. The molecule has 1 aromatic heterocycles. The number of ether oxygens (including phenoxy) is 1. The van der Waals surface area contributed by atoms with E-state index in [9.17, 15) is 4.79 Å². The molecule has 1 N–H and O–H groups in total. The second-order valence-corrected chi connectivity index (χ2v) is 7.35. The van der Waals surface area contributed by atoms with Gasteiger partial charge in [-0.3, -0.25) is 4.79 Å². The van der Waals surface area contributed by atoms with Crippen LogP contribution in [0.5, 0.6) is 5.75 Å². The lowest BCUT2D eigenvalue weighted by atomic mass is 9.97. The van der Waals surface area contributed by atoms with E-state index in [0.717, 1.165) is 34.1 Å². The number of amides is 1. The first-order valence-corrected chi connectivity index (χ1v) is 9.96. The number of para-hydroxylation sites is 1. The Morgan fingerprint density at radius 3 is 2.63 bits per heavy atom. The van der Waals surface area contributed by atoms with Crippen LogP contribution in [0.1, 0.15) is 37.4 Å². The average Bonchev–Trinajstić information content (AvgIpc) is 3.16. The highest BCUT2D eigenvalue weighted by Gasteiger charge is 2.13. The number of aromatic nitrogens is 1. The zero-order chi connectivity index (χ0) is 19.2. The Hall–Kier alpha value is -2.66. The molecule has 0 radical (unpaired) electrons. The van der Waals surface area contributed by atoms with E-state index >= 15 is 0 Å². The third-order valence-corrected chi connectivity index (χ3v) is 5.55. The van der Waals surface area contributed by atoms with Crippen molar-refractivity contribution >= 4 is 22.9 Å². The molecule has 0 fully saturated rings. The van der Waals surface area contributed by atoms with Crippen LogP contribution in [0.4, 0.5) is 5.69 Å². The number of hydrogen-bond donors (Lipinski definition) is 1. The molecule has 4 nitrogen and oxygen atoms in total. The molecule has 0 bridgehead atoms. The fraction of sp³-hybridized carbons (Fsp3) is 0.273. The maximum atomic E-state index is 12.5. The second kappa shape index (κ2) is 8.82. The van der Waals surface area contributed by atoms with Gasteiger partial charge in [0.25, 0.3) is 0 Å². The van der Waals surface area contributed by atoms with Crippen LogP contribution in [-0.4, -0.2) is 18.0 Å². The molecule has 0 spiro atoms. The Balaban J connectivity index is 1.68. The number of carbonyl (C=O) groups is 1. The highest BCUT2D eigenvalue weighted by Crippen LogP contribution is 2.28. The van der Waals surface area contributed by atoms with E-state index < -0.39 is 0 Å². The standard InChI is InChI=1S/C22H24N2O2S/c1-4-15(2)19-7-5-6-8-20(19)24-21(25)13-17-14-27-22(23-17)16-9-11-18(26-3)12-10-16/h5-12,14-15H,4,13H2,1-3H3,(H,24,25)/t15-/m0/s1. The molecule has 0 saturated carbocycles. The molecule has 1 amide bonds. The first kappa shape index (κ1) is 19.1. The maximum absolute atomic E-state index is 12.5. The molecule has 0 aliphatic carbocycles. The van der Waals surface area contributed by atoms with Gasteiger partial charge < -0.3 is 10.1 Å². The van der Waals surface area contributed by atoms with Gasteiger partial charge in [0.1, 0.15) is 10.8 Å². The number of nitrogens with one attached hydrogen (secondary N) is 1. The van der Waals surface area contributed by atoms with Crippen molar-refractivity contribution in [2.24, 2.45) is 0 Å². The van der Waals surface area contributed by atoms with E-state index in [1.54, 1.807) is 18.4 Å². The second-order valence-electron chi connectivity index (χ2n) is 6.49. The summed E-state index contributed by atoms with van der Waals surface area (Å²) in [6, 6.07) is 15.8. The molecule has 3 aromatic rings. The number of hydrogen-bond acceptors (Lipinski definition) is 4. The van der Waals surface area contributed by atoms with Crippen LogP contribution in [0.15, 0.2) is 53.9 Å². The molecule has 27 heavy (non-hydrogen) atoms. The Labute approximate surface area is 164 Å². The van der Waals surface area contributed by atoms with Gasteiger partial charge in [0.05, 0.1) is 19.2 Å². The maximum Gasteiger partial charge on any atom is 0.230 e. The van der Waals surface area contributed by atoms with Crippen molar-refractivity contribution in [3.05, 3.63) is 65.2 Å². The van der Waals surface area contributed by atoms with E-state index in [0.29, 0.717) is 5.92 Å². The summed E-state index contributed by atoms with van der Waals surface area (Å²) in [6.07, 6.45) is 1.30. The fourth-order valence-corrected chi connectivity index (χ4v) is 3.70. The van der Waals surface area contributed by atoms with Crippen LogP contribution in [0.25, 0.3) is 10.6 Å². The molecule has 3 rings (SSSR count). The van der Waals surface area contributed by atoms with Gasteiger partial charge in [-0.15, -0.1) is 11.3 Å². The lowest BCUT2D eigenvalue weighted by molar-refractivity contribution is -0.115. The number of anilines is 1. The molecule has 0 aliphatic rings. The Kier molecular flexibility index (Phi) is 6.24. The first-order chi connectivity index (χ1) is 13.1. The van der Waals surface area contributed by atoms with Gasteiger partial charge in [-0.05, 0) is 48.2 Å². The summed E-state index contributed by atoms with van der Waals surface area (Å²) in [5, 5.41) is 5.89. The highest BCUT2D eigenvalue weighted by molar-refractivity contribution is 7.13. The third-order valence-electron chi connectivity index (χ3n) is 4.61. The van der Waals surface area contributed by atoms with Gasteiger partial charge in [0.15, 0.2) is 0 Å². The predicted octanol–water partition coefficient (Wildman–Crippen LogP) is 5.51. The van der Waals surface area contributed by atoms with Crippen molar-refractivity contribution in [3.63, 3.8) is 0 Å². The summed E-state index contributed by atoms with van der Waals surface area (Å²) in [7, 11) is 1.65. The number of thiazole rings is 1. The molecule has 140 valence electrons. The van der Waals surface area contributed by atoms with Gasteiger partial charge >= 0.3 is 0 Å². The average molecular weight is 381 g/mol. The molecule has 0 aliphatic heterocycles. The molecule has 0 saturated heterocycles. The summed E-state index contributed by atoms with van der Waals surface area (Å²) in [5.74, 6) is 1.18. The quantitative estimate of drug-likeness (QED) is 0.588. The van der Waals surface area contributed by atoms with Gasteiger partial charge in [-0.1, -0.05) is 32.0 Å². The normalized spacial score (nSPS) is 11.8. The molecular formula is C22H24N2O2S. The van der Waals surface area contributed by atoms with Crippen LogP contribution in [-0.2, 0) is 11.2 Å². The summed E-state index contributed by atoms with van der Waals surface area (Å²) < 4.78 is 5.18. The van der Waals surface area contributed by atoms with Crippen LogP contribution in [0, 0.1) is 0 Å². The minimum Gasteiger partial charge on any atom is -0.497 e. The summed E-state index contributed by atoms with van der Waals surface area (Å²) in [5.41, 5.74) is 3.87. The van der Waals surface area contributed by atoms with Crippen molar-refractivity contribution in [2.75, 3.05) is 12.4 Å². The summed E-state index contributed by atoms with van der Waals surface area (Å²) >= 11 is 1.54. The van der Waals surface area contributed by atoms with Crippen LogP contribution in [0.3, 0.4) is 0 Å². The smallest absolute Gasteiger partial charge is 0.230 e. The van der Waals surface area contributed by atoms with E-state index in [2.05, 4.69) is 30.2 Å². The fourth-order valence-electron chi connectivity index (χ4n) is 2.87. The van der Waals surface area contributed by atoms with Crippen LogP contribution >= 0.6 is 11.3 Å². The molecule has 5 heteroatoms. The lowest BCUT2D eigenvalue weighted by Crippen LogP contribution is -2.16. The summed E-state index contributed by atoms with van der Waals surface area (Å²) in [6.45, 7) is 4.33. The third kappa shape index (κ3) is 4.74. The predicted molar refractivity (Wildman–Crippen MR) is 112 cm³/mol. The zero-order valence-corrected chi connectivity index (χ0v) is 16.7. The van der Waals surface area contributed by atoms with E-state index in [1.165, 1.54) is 5.56 Å². The number of benzene rings is 2. The van der Waals surface area contributed by atoms with Crippen LogP contribution in [0.2, 0.25) is 0 Å². The minimum absolute atomic E-state index is 0.0441. The number of methoxy groups -OCH3 is 1. The Bertz CT molecular complexity index is 903. The molecule has 2 aromatic carbocycles.